The zero-order chi connectivity index (χ0) is 21.0. The molecule has 1 N–H and O–H groups in total. The lowest BCUT2D eigenvalue weighted by Crippen LogP contribution is -2.51. The van der Waals surface area contributed by atoms with E-state index in [1.807, 2.05) is 0 Å². The Morgan fingerprint density at radius 3 is 2.55 bits per heavy atom. The molecule has 1 aliphatic rings. The Bertz CT molecular complexity index is 1030. The van der Waals surface area contributed by atoms with Crippen molar-refractivity contribution in [3.8, 4) is 10.4 Å². The first-order valence-electron chi connectivity index (χ1n) is 9.08. The number of hydrogen-bond donors (Lipinski definition) is 1. The Labute approximate surface area is 173 Å². The van der Waals surface area contributed by atoms with Gasteiger partial charge in [-0.15, -0.1) is 11.3 Å². The van der Waals surface area contributed by atoms with Crippen molar-refractivity contribution in [1.29, 1.82) is 0 Å². The number of nitrogens with one attached hydrogen (secondary N) is 1. The van der Waals surface area contributed by atoms with Crippen molar-refractivity contribution in [1.82, 2.24) is 10.2 Å². The number of rotatable bonds is 5. The minimum atomic E-state index is -3.07. The number of thiophene rings is 1. The number of hydrogen-bond acceptors (Lipinski definition) is 5. The van der Waals surface area contributed by atoms with Gasteiger partial charge < -0.3 is 10.2 Å². The minimum absolute atomic E-state index is 0.0535. The van der Waals surface area contributed by atoms with Crippen molar-refractivity contribution >= 4 is 39.1 Å². The first-order valence-corrected chi connectivity index (χ1v) is 11.7. The highest BCUT2D eigenvalue weighted by Crippen LogP contribution is 2.30. The highest BCUT2D eigenvalue weighted by Gasteiger charge is 2.28. The van der Waals surface area contributed by atoms with E-state index < -0.39 is 21.8 Å². The van der Waals surface area contributed by atoms with Crippen LogP contribution in [0.3, 0.4) is 0 Å². The van der Waals surface area contributed by atoms with Crippen LogP contribution in [0.15, 0.2) is 42.5 Å². The quantitative estimate of drug-likeness (QED) is 0.730. The predicted octanol–water partition coefficient (Wildman–Crippen LogP) is 2.33. The summed E-state index contributed by atoms with van der Waals surface area (Å²) in [6.45, 7) is 1.86. The first-order chi connectivity index (χ1) is 13.7. The lowest BCUT2D eigenvalue weighted by Gasteiger charge is -2.29. The van der Waals surface area contributed by atoms with E-state index in [0.29, 0.717) is 5.56 Å². The van der Waals surface area contributed by atoms with Gasteiger partial charge in [0.25, 0.3) is 0 Å². The van der Waals surface area contributed by atoms with Crippen molar-refractivity contribution < 1.29 is 22.4 Å². The molecule has 0 radical (unpaired) electrons. The molecule has 2 heterocycles. The van der Waals surface area contributed by atoms with Crippen LogP contribution >= 0.6 is 11.3 Å². The molecule has 1 atom stereocenters. The Morgan fingerprint density at radius 2 is 1.86 bits per heavy atom. The normalized spacial score (nSPS) is 17.2. The summed E-state index contributed by atoms with van der Waals surface area (Å²) in [7, 11) is -3.07. The second kappa shape index (κ2) is 8.87. The summed E-state index contributed by atoms with van der Waals surface area (Å²) in [5, 5.41) is 2.59. The molecule has 0 spiro atoms. The average molecular weight is 437 g/mol. The molecule has 0 saturated carbocycles. The largest absolute Gasteiger partial charge is 0.341 e. The van der Waals surface area contributed by atoms with Crippen molar-refractivity contribution in [3.05, 3.63) is 53.2 Å². The molecule has 0 bridgehead atoms. The van der Waals surface area contributed by atoms with E-state index >= 15 is 0 Å². The van der Waals surface area contributed by atoms with E-state index in [4.69, 9.17) is 0 Å². The molecule has 29 heavy (non-hydrogen) atoms. The second-order valence-corrected chi connectivity index (χ2v) is 10.1. The number of nitrogens with zero attached hydrogens (tertiary/aromatic N) is 1. The van der Waals surface area contributed by atoms with Crippen molar-refractivity contribution in [2.45, 2.75) is 13.0 Å². The summed E-state index contributed by atoms with van der Waals surface area (Å²) in [5.74, 6) is -1.15. The van der Waals surface area contributed by atoms with Gasteiger partial charge in [0.1, 0.15) is 11.9 Å². The maximum Gasteiger partial charge on any atom is 0.244 e. The van der Waals surface area contributed by atoms with Gasteiger partial charge in [-0.05, 0) is 31.2 Å². The molecule has 6 nitrogen and oxygen atoms in total. The van der Waals surface area contributed by atoms with E-state index in [9.17, 15) is 22.4 Å². The van der Waals surface area contributed by atoms with E-state index in [1.165, 1.54) is 28.4 Å². The van der Waals surface area contributed by atoms with Gasteiger partial charge in [0, 0.05) is 34.5 Å². The lowest BCUT2D eigenvalue weighted by molar-refractivity contribution is -0.134. The van der Waals surface area contributed by atoms with E-state index in [0.717, 1.165) is 9.75 Å². The third-order valence-corrected chi connectivity index (χ3v) is 7.24. The van der Waals surface area contributed by atoms with Gasteiger partial charge in [0.2, 0.25) is 11.8 Å². The molecule has 1 saturated heterocycles. The molecule has 1 aliphatic heterocycles. The highest BCUT2D eigenvalue weighted by molar-refractivity contribution is 7.91. The molecular weight excluding hydrogens is 415 g/mol. The third-order valence-electron chi connectivity index (χ3n) is 4.55. The standard InChI is InChI=1S/C20H21FN2O4S2/c1-14(20(25)23-10-12-29(26,27)13-11-23)22-19(24)9-7-15-6-8-18(28-15)16-4-2-3-5-17(16)21/h2-9,14H,10-13H2,1H3,(H,22,24). The monoisotopic (exact) mass is 436 g/mol. The van der Waals surface area contributed by atoms with Gasteiger partial charge in [-0.2, -0.15) is 0 Å². The Hall–Kier alpha value is -2.52. The van der Waals surface area contributed by atoms with Crippen LogP contribution in [0.5, 0.6) is 0 Å². The average Bonchev–Trinajstić information content (AvgIpc) is 3.15. The lowest BCUT2D eigenvalue weighted by atomic mass is 10.2. The molecule has 1 unspecified atom stereocenters. The molecule has 2 aromatic rings. The van der Waals surface area contributed by atoms with E-state index in [-0.39, 0.29) is 36.3 Å². The fourth-order valence-corrected chi connectivity index (χ4v) is 5.07. The maximum absolute atomic E-state index is 13.9. The molecule has 1 aromatic carbocycles. The zero-order valence-electron chi connectivity index (χ0n) is 15.8. The van der Waals surface area contributed by atoms with Crippen molar-refractivity contribution in [3.63, 3.8) is 0 Å². The molecule has 154 valence electrons. The first kappa shape index (κ1) is 21.2. The molecule has 1 fully saturated rings. The Morgan fingerprint density at radius 1 is 1.17 bits per heavy atom. The van der Waals surface area contributed by atoms with Crippen LogP contribution in [0.4, 0.5) is 4.39 Å². The van der Waals surface area contributed by atoms with Gasteiger partial charge in [-0.25, -0.2) is 12.8 Å². The van der Waals surface area contributed by atoms with Crippen molar-refractivity contribution in [2.75, 3.05) is 24.6 Å². The topological polar surface area (TPSA) is 83.6 Å². The number of carbonyl (C=O) groups excluding carboxylic acids is 2. The fourth-order valence-electron chi connectivity index (χ4n) is 2.94. The highest BCUT2D eigenvalue weighted by atomic mass is 32.2. The van der Waals surface area contributed by atoms with Gasteiger partial charge in [0.05, 0.1) is 11.5 Å². The molecule has 3 rings (SSSR count). The summed E-state index contributed by atoms with van der Waals surface area (Å²) in [5.41, 5.74) is 0.504. The summed E-state index contributed by atoms with van der Waals surface area (Å²) >= 11 is 1.35. The van der Waals surface area contributed by atoms with Crippen LogP contribution in [0.2, 0.25) is 0 Å². The molecule has 0 aliphatic carbocycles. The zero-order valence-corrected chi connectivity index (χ0v) is 17.4. The van der Waals surface area contributed by atoms with E-state index in [1.54, 1.807) is 43.3 Å². The number of carbonyl (C=O) groups is 2. The van der Waals surface area contributed by atoms with Gasteiger partial charge in [-0.1, -0.05) is 18.2 Å². The summed E-state index contributed by atoms with van der Waals surface area (Å²) in [4.78, 5) is 27.5. The van der Waals surface area contributed by atoms with Crippen LogP contribution in [0, 0.1) is 5.82 Å². The van der Waals surface area contributed by atoms with Gasteiger partial charge in [-0.3, -0.25) is 9.59 Å². The van der Waals surface area contributed by atoms with Crippen LogP contribution in [-0.2, 0) is 19.4 Å². The molecule has 9 heteroatoms. The third kappa shape index (κ3) is 5.51. The molecular formula is C20H21FN2O4S2. The summed E-state index contributed by atoms with van der Waals surface area (Å²) in [6, 6.07) is 9.30. The van der Waals surface area contributed by atoms with E-state index in [2.05, 4.69) is 5.32 Å². The fraction of sp³-hybridized carbons (Fsp3) is 0.300. The Balaban J connectivity index is 1.56. The number of benzene rings is 1. The molecule has 2 amide bonds. The summed E-state index contributed by atoms with van der Waals surface area (Å²) < 4.78 is 36.8. The van der Waals surface area contributed by atoms with Crippen LogP contribution in [-0.4, -0.2) is 55.8 Å². The SMILES string of the molecule is CC(NC(=O)C=Cc1ccc(-c2ccccc2F)s1)C(=O)N1CCS(=O)(=O)CC1. The van der Waals surface area contributed by atoms with Gasteiger partial charge in [0.15, 0.2) is 9.84 Å². The number of sulfone groups is 1. The minimum Gasteiger partial charge on any atom is -0.341 e. The summed E-state index contributed by atoms with van der Waals surface area (Å²) in [6.07, 6.45) is 2.93. The van der Waals surface area contributed by atoms with Crippen LogP contribution < -0.4 is 5.32 Å². The van der Waals surface area contributed by atoms with Crippen molar-refractivity contribution in [2.24, 2.45) is 0 Å². The molecule has 1 aromatic heterocycles. The van der Waals surface area contributed by atoms with Gasteiger partial charge >= 0.3 is 0 Å². The van der Waals surface area contributed by atoms with Crippen LogP contribution in [0.1, 0.15) is 11.8 Å². The predicted molar refractivity (Wildman–Crippen MR) is 112 cm³/mol. The number of halogens is 1. The maximum atomic E-state index is 13.9. The van der Waals surface area contributed by atoms with Crippen LogP contribution in [0.25, 0.3) is 16.5 Å². The smallest absolute Gasteiger partial charge is 0.244 e. The Kier molecular flexibility index (Phi) is 6.49. The number of amides is 2. The second-order valence-electron chi connectivity index (χ2n) is 6.72.